The van der Waals surface area contributed by atoms with Gasteiger partial charge in [-0.3, -0.25) is 0 Å². The minimum Gasteiger partial charge on any atom is -0.445 e. The van der Waals surface area contributed by atoms with Gasteiger partial charge in [-0.05, 0) is 49.9 Å². The number of aliphatic hydroxyl groups is 1. The summed E-state index contributed by atoms with van der Waals surface area (Å²) in [5.74, 6) is 0. The highest BCUT2D eigenvalue weighted by Gasteiger charge is 2.52. The van der Waals surface area contributed by atoms with Crippen molar-refractivity contribution in [2.24, 2.45) is 0 Å². The van der Waals surface area contributed by atoms with Gasteiger partial charge in [0.2, 0.25) is 0 Å². The van der Waals surface area contributed by atoms with Crippen molar-refractivity contribution in [2.75, 3.05) is 6.54 Å². The molecule has 1 aliphatic rings. The van der Waals surface area contributed by atoms with Crippen molar-refractivity contribution in [3.05, 3.63) is 76.8 Å². The minimum absolute atomic E-state index is 0.0874. The zero-order chi connectivity index (χ0) is 22.5. The van der Waals surface area contributed by atoms with Gasteiger partial charge < -0.3 is 24.5 Å². The van der Waals surface area contributed by atoms with E-state index in [9.17, 15) is 9.90 Å². The van der Waals surface area contributed by atoms with Crippen molar-refractivity contribution in [3.63, 3.8) is 0 Å². The third-order valence-electron chi connectivity index (χ3n) is 5.77. The fraction of sp³-hybridized carbons (Fsp3) is 0.375. The molecule has 1 saturated heterocycles. The first-order chi connectivity index (χ1) is 14.7. The molecular weight excluding hydrogens is 393 g/mol. The van der Waals surface area contributed by atoms with Crippen molar-refractivity contribution in [2.45, 2.75) is 52.1 Å². The molecule has 0 aliphatic carbocycles. The molecule has 3 rings (SSSR count). The SMILES string of the molecule is CC1(C)OB(C(=Cc2ccccc2CO)CNC(=O)OCc2ccccc2)OC1(C)C. The van der Waals surface area contributed by atoms with Crippen molar-refractivity contribution in [3.8, 4) is 0 Å². The van der Waals surface area contributed by atoms with Crippen LogP contribution < -0.4 is 5.32 Å². The third-order valence-corrected chi connectivity index (χ3v) is 5.77. The Bertz CT molecular complexity index is 911. The molecule has 7 heteroatoms. The largest absolute Gasteiger partial charge is 0.492 e. The predicted molar refractivity (Wildman–Crippen MR) is 121 cm³/mol. The van der Waals surface area contributed by atoms with Gasteiger partial charge in [0.05, 0.1) is 17.8 Å². The molecule has 0 spiro atoms. The van der Waals surface area contributed by atoms with Gasteiger partial charge in [-0.1, -0.05) is 60.7 Å². The third kappa shape index (κ3) is 5.76. The number of hydrogen-bond acceptors (Lipinski definition) is 5. The van der Waals surface area contributed by atoms with E-state index < -0.39 is 24.4 Å². The van der Waals surface area contributed by atoms with Gasteiger partial charge in [0, 0.05) is 6.54 Å². The van der Waals surface area contributed by atoms with Gasteiger partial charge in [0.25, 0.3) is 0 Å². The van der Waals surface area contributed by atoms with Crippen LogP contribution in [0.4, 0.5) is 4.79 Å². The Morgan fingerprint density at radius 2 is 1.65 bits per heavy atom. The number of carbonyl (C=O) groups is 1. The summed E-state index contributed by atoms with van der Waals surface area (Å²) in [7, 11) is -0.633. The average Bonchev–Trinajstić information content (AvgIpc) is 2.97. The molecule has 164 valence electrons. The van der Waals surface area contributed by atoms with Gasteiger partial charge in [-0.15, -0.1) is 0 Å². The summed E-state index contributed by atoms with van der Waals surface area (Å²) >= 11 is 0. The maximum atomic E-state index is 12.3. The van der Waals surface area contributed by atoms with Crippen LogP contribution in [0.3, 0.4) is 0 Å². The van der Waals surface area contributed by atoms with Crippen LogP contribution in [0.5, 0.6) is 0 Å². The van der Waals surface area contributed by atoms with Gasteiger partial charge in [-0.2, -0.15) is 0 Å². The number of alkyl carbamates (subject to hydrolysis) is 1. The smallest absolute Gasteiger partial charge is 0.445 e. The normalized spacial score (nSPS) is 17.5. The van der Waals surface area contributed by atoms with Crippen LogP contribution >= 0.6 is 0 Å². The molecule has 1 fully saturated rings. The van der Waals surface area contributed by atoms with Crippen LogP contribution in [0.15, 0.2) is 60.1 Å². The molecule has 2 aromatic rings. The van der Waals surface area contributed by atoms with Gasteiger partial charge in [0.15, 0.2) is 0 Å². The van der Waals surface area contributed by atoms with Crippen LogP contribution in [0.25, 0.3) is 6.08 Å². The van der Waals surface area contributed by atoms with Crippen LogP contribution in [-0.4, -0.2) is 36.1 Å². The zero-order valence-electron chi connectivity index (χ0n) is 18.6. The molecule has 1 heterocycles. The molecule has 0 aromatic heterocycles. The quantitative estimate of drug-likeness (QED) is 0.656. The molecule has 0 saturated carbocycles. The molecule has 0 unspecified atom stereocenters. The highest BCUT2D eigenvalue weighted by molar-refractivity contribution is 6.56. The lowest BCUT2D eigenvalue weighted by Crippen LogP contribution is -2.41. The fourth-order valence-corrected chi connectivity index (χ4v) is 3.16. The predicted octanol–water partition coefficient (Wildman–Crippen LogP) is 4.12. The lowest BCUT2D eigenvalue weighted by molar-refractivity contribution is 0.00578. The zero-order valence-corrected chi connectivity index (χ0v) is 18.6. The second-order valence-corrected chi connectivity index (χ2v) is 8.58. The molecule has 1 aliphatic heterocycles. The maximum absolute atomic E-state index is 12.3. The first kappa shape index (κ1) is 23.1. The van der Waals surface area contributed by atoms with E-state index in [-0.39, 0.29) is 19.8 Å². The van der Waals surface area contributed by atoms with Crippen LogP contribution in [-0.2, 0) is 27.3 Å². The van der Waals surface area contributed by atoms with E-state index in [1.807, 2.05) is 88.4 Å². The van der Waals surface area contributed by atoms with E-state index in [2.05, 4.69) is 5.32 Å². The fourth-order valence-electron chi connectivity index (χ4n) is 3.16. The van der Waals surface area contributed by atoms with E-state index in [4.69, 9.17) is 14.0 Å². The summed E-state index contributed by atoms with van der Waals surface area (Å²) in [6, 6.07) is 17.0. The Labute approximate surface area is 184 Å². The number of aliphatic hydroxyl groups excluding tert-OH is 1. The molecule has 2 aromatic carbocycles. The first-order valence-electron chi connectivity index (χ1n) is 10.4. The van der Waals surface area contributed by atoms with Crippen molar-refractivity contribution < 1.29 is 23.9 Å². The molecular formula is C24H30BNO5. The van der Waals surface area contributed by atoms with Gasteiger partial charge in [0.1, 0.15) is 6.61 Å². The van der Waals surface area contributed by atoms with E-state index in [1.54, 1.807) is 0 Å². The van der Waals surface area contributed by atoms with Crippen LogP contribution in [0.2, 0.25) is 0 Å². The monoisotopic (exact) mass is 423 g/mol. The first-order valence-corrected chi connectivity index (χ1v) is 10.4. The Hall–Kier alpha value is -2.61. The summed E-state index contributed by atoms with van der Waals surface area (Å²) in [4.78, 5) is 12.3. The van der Waals surface area contributed by atoms with Crippen molar-refractivity contribution >= 4 is 19.3 Å². The van der Waals surface area contributed by atoms with E-state index in [0.29, 0.717) is 0 Å². The van der Waals surface area contributed by atoms with E-state index in [1.165, 1.54) is 0 Å². The molecule has 31 heavy (non-hydrogen) atoms. The maximum Gasteiger partial charge on any atom is 0.492 e. The standard InChI is InChI=1S/C24H30BNO5/c1-23(2)24(3,4)31-25(30-23)21(14-19-12-8-9-13-20(19)16-27)15-26-22(28)29-17-18-10-6-5-7-11-18/h5-14,27H,15-17H2,1-4H3,(H,26,28). The Morgan fingerprint density at radius 3 is 2.29 bits per heavy atom. The summed E-state index contributed by atoms with van der Waals surface area (Å²) in [5, 5.41) is 12.5. The lowest BCUT2D eigenvalue weighted by Gasteiger charge is -2.32. The number of hydrogen-bond donors (Lipinski definition) is 2. The summed E-state index contributed by atoms with van der Waals surface area (Å²) in [6.07, 6.45) is 1.37. The van der Waals surface area contributed by atoms with Gasteiger partial charge in [-0.25, -0.2) is 4.79 Å². The number of rotatable bonds is 7. The average molecular weight is 423 g/mol. The number of ether oxygens (including phenoxy) is 1. The van der Waals surface area contributed by atoms with Gasteiger partial charge >= 0.3 is 13.2 Å². The summed E-state index contributed by atoms with van der Waals surface area (Å²) in [5.41, 5.74) is 2.24. The van der Waals surface area contributed by atoms with Crippen LogP contribution in [0, 0.1) is 0 Å². The topological polar surface area (TPSA) is 77.0 Å². The second-order valence-electron chi connectivity index (χ2n) is 8.58. The highest BCUT2D eigenvalue weighted by atomic mass is 16.7. The Balaban J connectivity index is 1.75. The summed E-state index contributed by atoms with van der Waals surface area (Å²) in [6.45, 7) is 8.21. The van der Waals surface area contributed by atoms with Crippen molar-refractivity contribution in [1.82, 2.24) is 5.32 Å². The Morgan fingerprint density at radius 1 is 1.03 bits per heavy atom. The molecule has 0 radical (unpaired) electrons. The number of amides is 1. The number of nitrogens with one attached hydrogen (secondary N) is 1. The molecule has 1 amide bonds. The molecule has 6 nitrogen and oxygen atoms in total. The molecule has 2 N–H and O–H groups in total. The highest BCUT2D eigenvalue weighted by Crippen LogP contribution is 2.38. The minimum atomic E-state index is -0.633. The number of benzene rings is 2. The Kier molecular flexibility index (Phi) is 7.21. The van der Waals surface area contributed by atoms with E-state index in [0.717, 1.165) is 22.2 Å². The second kappa shape index (κ2) is 9.68. The molecule has 0 atom stereocenters. The lowest BCUT2D eigenvalue weighted by atomic mass is 9.76. The molecule has 0 bridgehead atoms. The van der Waals surface area contributed by atoms with E-state index >= 15 is 0 Å². The van der Waals surface area contributed by atoms with Crippen molar-refractivity contribution in [1.29, 1.82) is 0 Å². The van der Waals surface area contributed by atoms with Crippen LogP contribution in [0.1, 0.15) is 44.4 Å². The summed E-state index contributed by atoms with van der Waals surface area (Å²) < 4.78 is 17.7. The number of carbonyl (C=O) groups excluding carboxylic acids is 1.